The minimum absolute atomic E-state index is 1.05. The maximum Gasteiger partial charge on any atom is 0.0708 e. The van der Waals surface area contributed by atoms with E-state index in [-0.39, 0.29) is 0 Å². The summed E-state index contributed by atoms with van der Waals surface area (Å²) >= 11 is 0. The van der Waals surface area contributed by atoms with Gasteiger partial charge in [0.15, 0.2) is 0 Å². The van der Waals surface area contributed by atoms with Crippen molar-refractivity contribution in [1.29, 1.82) is 0 Å². The molecule has 0 radical (unpaired) electrons. The summed E-state index contributed by atoms with van der Waals surface area (Å²) in [5.41, 5.74) is 7.12. The highest BCUT2D eigenvalue weighted by Gasteiger charge is 2.13. The molecule has 0 aliphatic carbocycles. The van der Waals surface area contributed by atoms with Crippen LogP contribution in [0.3, 0.4) is 0 Å². The van der Waals surface area contributed by atoms with E-state index in [4.69, 9.17) is 0 Å². The third-order valence-corrected chi connectivity index (χ3v) is 4.07. The van der Waals surface area contributed by atoms with Crippen molar-refractivity contribution in [1.82, 2.24) is 0 Å². The second-order valence-electron chi connectivity index (χ2n) is 5.46. The lowest BCUT2D eigenvalue weighted by molar-refractivity contribution is 1.18. The molecule has 0 amide bonds. The largest absolute Gasteiger partial charge is 0.351 e. The number of benzene rings is 2. The Morgan fingerprint density at radius 2 is 1.59 bits per heavy atom. The first-order valence-corrected chi connectivity index (χ1v) is 7.39. The van der Waals surface area contributed by atoms with E-state index in [9.17, 15) is 0 Å². The van der Waals surface area contributed by atoms with Gasteiger partial charge in [0.1, 0.15) is 0 Å². The maximum atomic E-state index is 4.45. The summed E-state index contributed by atoms with van der Waals surface area (Å²) in [6, 6.07) is 16.7. The number of hydrogen-bond donors (Lipinski definition) is 0. The molecule has 0 fully saturated rings. The van der Waals surface area contributed by atoms with Crippen LogP contribution in [-0.4, -0.2) is 13.3 Å². The summed E-state index contributed by atoms with van der Waals surface area (Å²) in [6.45, 7) is 0. The molecule has 0 unspecified atom stereocenters. The molecule has 22 heavy (non-hydrogen) atoms. The molecule has 2 nitrogen and oxygen atoms in total. The van der Waals surface area contributed by atoms with Crippen molar-refractivity contribution >= 4 is 28.7 Å². The van der Waals surface area contributed by atoms with Gasteiger partial charge in [-0.25, -0.2) is 0 Å². The van der Waals surface area contributed by atoms with Gasteiger partial charge in [-0.2, -0.15) is 0 Å². The lowest BCUT2D eigenvalue weighted by Gasteiger charge is -2.23. The van der Waals surface area contributed by atoms with Gasteiger partial charge >= 0.3 is 0 Å². The van der Waals surface area contributed by atoms with Crippen molar-refractivity contribution in [2.24, 2.45) is 4.99 Å². The van der Waals surface area contributed by atoms with Crippen LogP contribution in [0.1, 0.15) is 11.1 Å². The van der Waals surface area contributed by atoms with Crippen LogP contribution in [0, 0.1) is 0 Å². The molecule has 4 rings (SSSR count). The number of fused-ring (bicyclic) bond motifs is 2. The summed E-state index contributed by atoms with van der Waals surface area (Å²) < 4.78 is 0. The lowest BCUT2D eigenvalue weighted by atomic mass is 9.99. The molecule has 2 aliphatic heterocycles. The minimum atomic E-state index is 1.05. The van der Waals surface area contributed by atoms with E-state index in [1.807, 2.05) is 18.3 Å². The molecule has 0 saturated heterocycles. The Morgan fingerprint density at radius 1 is 0.864 bits per heavy atom. The quantitative estimate of drug-likeness (QED) is 0.732. The predicted molar refractivity (Wildman–Crippen MR) is 94.5 cm³/mol. The van der Waals surface area contributed by atoms with Gasteiger partial charge in [0, 0.05) is 41.8 Å². The van der Waals surface area contributed by atoms with Crippen LogP contribution in [0.2, 0.25) is 0 Å². The van der Waals surface area contributed by atoms with Crippen molar-refractivity contribution in [3.8, 4) is 0 Å². The maximum absolute atomic E-state index is 4.45. The highest BCUT2D eigenvalue weighted by atomic mass is 15.1. The van der Waals surface area contributed by atoms with Crippen molar-refractivity contribution in [3.05, 3.63) is 84.1 Å². The van der Waals surface area contributed by atoms with Gasteiger partial charge in [0.25, 0.3) is 0 Å². The van der Waals surface area contributed by atoms with Crippen LogP contribution in [0.15, 0.2) is 78.0 Å². The second-order valence-corrected chi connectivity index (χ2v) is 5.46. The number of allylic oxidation sites excluding steroid dienone is 5. The van der Waals surface area contributed by atoms with Gasteiger partial charge in [-0.15, -0.1) is 0 Å². The summed E-state index contributed by atoms with van der Waals surface area (Å²) in [5.74, 6) is 0. The van der Waals surface area contributed by atoms with Gasteiger partial charge in [-0.3, -0.25) is 4.99 Å². The van der Waals surface area contributed by atoms with E-state index >= 15 is 0 Å². The fourth-order valence-electron chi connectivity index (χ4n) is 2.88. The Hall–Kier alpha value is -2.87. The zero-order valence-electron chi connectivity index (χ0n) is 12.4. The number of hydrogen-bond acceptors (Lipinski definition) is 2. The summed E-state index contributed by atoms with van der Waals surface area (Å²) in [7, 11) is 2.07. The molecule has 2 heteroatoms. The SMILES string of the molecule is CN1C=CC(=C/C=C2\C=Nc3ccccc32)c2ccccc21. The molecule has 0 bridgehead atoms. The average Bonchev–Trinajstić information content (AvgIpc) is 2.98. The van der Waals surface area contributed by atoms with E-state index < -0.39 is 0 Å². The van der Waals surface area contributed by atoms with Gasteiger partial charge < -0.3 is 4.90 Å². The van der Waals surface area contributed by atoms with E-state index in [0.717, 1.165) is 11.3 Å². The van der Waals surface area contributed by atoms with Crippen molar-refractivity contribution in [3.63, 3.8) is 0 Å². The Labute approximate surface area is 130 Å². The van der Waals surface area contributed by atoms with Crippen LogP contribution in [0.4, 0.5) is 11.4 Å². The van der Waals surface area contributed by atoms with Crippen LogP contribution in [-0.2, 0) is 0 Å². The van der Waals surface area contributed by atoms with Crippen LogP contribution in [0.5, 0.6) is 0 Å². The van der Waals surface area contributed by atoms with E-state index in [2.05, 4.69) is 77.8 Å². The molecule has 2 heterocycles. The first-order valence-electron chi connectivity index (χ1n) is 7.39. The number of para-hydroxylation sites is 2. The Balaban J connectivity index is 1.75. The summed E-state index contributed by atoms with van der Waals surface area (Å²) in [4.78, 5) is 6.60. The highest BCUT2D eigenvalue weighted by Crippen LogP contribution is 2.34. The Morgan fingerprint density at radius 3 is 2.50 bits per heavy atom. The third kappa shape index (κ3) is 2.09. The van der Waals surface area contributed by atoms with Crippen molar-refractivity contribution in [2.45, 2.75) is 0 Å². The first-order chi connectivity index (χ1) is 10.8. The number of rotatable bonds is 1. The first kappa shape index (κ1) is 12.8. The van der Waals surface area contributed by atoms with Crippen molar-refractivity contribution < 1.29 is 0 Å². The Kier molecular flexibility index (Phi) is 3.01. The number of aliphatic imine (C=N–C) groups is 1. The molecule has 0 aromatic heterocycles. The van der Waals surface area contributed by atoms with Gasteiger partial charge in [-0.1, -0.05) is 48.6 Å². The molecular weight excluding hydrogens is 268 g/mol. The van der Waals surface area contributed by atoms with E-state index in [1.54, 1.807) is 0 Å². The van der Waals surface area contributed by atoms with Gasteiger partial charge in [-0.05, 0) is 23.8 Å². The van der Waals surface area contributed by atoms with Crippen molar-refractivity contribution in [2.75, 3.05) is 11.9 Å². The van der Waals surface area contributed by atoms with E-state index in [1.165, 1.54) is 22.4 Å². The molecule has 0 atom stereocenters. The monoisotopic (exact) mass is 284 g/mol. The van der Waals surface area contributed by atoms with Gasteiger partial charge in [0.2, 0.25) is 0 Å². The summed E-state index contributed by atoms with van der Waals surface area (Å²) in [6.07, 6.45) is 10.5. The highest BCUT2D eigenvalue weighted by molar-refractivity contribution is 6.17. The molecule has 2 aromatic carbocycles. The molecule has 106 valence electrons. The smallest absolute Gasteiger partial charge is 0.0708 e. The Bertz CT molecular complexity index is 854. The molecule has 0 spiro atoms. The van der Waals surface area contributed by atoms with E-state index in [0.29, 0.717) is 0 Å². The predicted octanol–water partition coefficient (Wildman–Crippen LogP) is 4.83. The van der Waals surface area contributed by atoms with Crippen LogP contribution in [0.25, 0.3) is 11.1 Å². The summed E-state index contributed by atoms with van der Waals surface area (Å²) in [5, 5.41) is 0. The molecular formula is C20H16N2. The van der Waals surface area contributed by atoms with Crippen LogP contribution < -0.4 is 4.90 Å². The average molecular weight is 284 g/mol. The van der Waals surface area contributed by atoms with Gasteiger partial charge in [0.05, 0.1) is 5.69 Å². The number of nitrogens with zero attached hydrogens (tertiary/aromatic N) is 2. The third-order valence-electron chi connectivity index (χ3n) is 4.07. The fourth-order valence-corrected chi connectivity index (χ4v) is 2.88. The molecule has 0 saturated carbocycles. The molecule has 2 aromatic rings. The topological polar surface area (TPSA) is 15.6 Å². The number of anilines is 1. The zero-order chi connectivity index (χ0) is 14.9. The lowest BCUT2D eigenvalue weighted by Crippen LogP contribution is -2.13. The normalized spacial score (nSPS) is 18.9. The standard InChI is InChI=1S/C20H16N2/c1-22-13-12-15(18-7-3-5-9-20(18)22)10-11-16-14-21-19-8-4-2-6-17(16)19/h2-14H,1H3/b15-10?,16-11+. The van der Waals surface area contributed by atoms with Crippen LogP contribution >= 0.6 is 0 Å². The fraction of sp³-hybridized carbons (Fsp3) is 0.0500. The molecule has 2 aliphatic rings. The molecule has 0 N–H and O–H groups in total. The minimum Gasteiger partial charge on any atom is -0.351 e. The zero-order valence-corrected chi connectivity index (χ0v) is 12.4. The second kappa shape index (κ2) is 5.15.